The summed E-state index contributed by atoms with van der Waals surface area (Å²) in [5, 5.41) is 3.45. The Morgan fingerprint density at radius 2 is 2.32 bits per heavy atom. The second-order valence-electron chi connectivity index (χ2n) is 5.82. The van der Waals surface area contributed by atoms with Crippen LogP contribution < -0.4 is 10.2 Å². The predicted molar refractivity (Wildman–Crippen MR) is 86.9 cm³/mol. The van der Waals surface area contributed by atoms with E-state index in [4.69, 9.17) is 0 Å². The van der Waals surface area contributed by atoms with Crippen LogP contribution in [0.3, 0.4) is 0 Å². The minimum atomic E-state index is -0.363. The van der Waals surface area contributed by atoms with Crippen molar-refractivity contribution in [1.29, 1.82) is 0 Å². The second-order valence-corrected chi connectivity index (χ2v) is 7.01. The molecule has 2 amide bonds. The molecule has 1 unspecified atom stereocenters. The van der Waals surface area contributed by atoms with Gasteiger partial charge in [-0.2, -0.15) is 0 Å². The van der Waals surface area contributed by atoms with Crippen molar-refractivity contribution < 1.29 is 9.59 Å². The highest BCUT2D eigenvalue weighted by molar-refractivity contribution is 8.00. The van der Waals surface area contributed by atoms with Crippen LogP contribution in [-0.4, -0.2) is 34.6 Å². The maximum absolute atomic E-state index is 12.7. The van der Waals surface area contributed by atoms with Gasteiger partial charge in [-0.3, -0.25) is 9.59 Å². The molecule has 1 fully saturated rings. The number of hydrogen-bond acceptors (Lipinski definition) is 4. The molecule has 0 bridgehead atoms. The molecule has 1 aliphatic heterocycles. The summed E-state index contributed by atoms with van der Waals surface area (Å²) in [7, 11) is 0. The van der Waals surface area contributed by atoms with Crippen molar-refractivity contribution >= 4 is 29.3 Å². The molecule has 0 spiro atoms. The Labute approximate surface area is 134 Å². The summed E-state index contributed by atoms with van der Waals surface area (Å²) >= 11 is 1.41. The smallest absolute Gasteiger partial charge is 0.241 e. The zero-order valence-corrected chi connectivity index (χ0v) is 13.6. The standard InChI is InChI=1S/C16H21N3O2S/c1-2-3-9-19-12-5-4-8-17-15(12)22-13(16(19)21)10-14(20)18-11-6-7-11/h4-5,8,11,13H,2-3,6-7,9-10H2,1H3,(H,18,20). The van der Waals surface area contributed by atoms with E-state index in [1.165, 1.54) is 11.8 Å². The fraction of sp³-hybridized carbons (Fsp3) is 0.562. The molecule has 1 N–H and O–H groups in total. The summed E-state index contributed by atoms with van der Waals surface area (Å²) < 4.78 is 0. The lowest BCUT2D eigenvalue weighted by Gasteiger charge is -2.32. The number of thioether (sulfide) groups is 1. The number of unbranched alkanes of at least 4 members (excludes halogenated alkanes) is 1. The van der Waals surface area contributed by atoms with E-state index in [2.05, 4.69) is 17.2 Å². The normalized spacial score (nSPS) is 20.7. The Morgan fingerprint density at radius 1 is 1.50 bits per heavy atom. The molecule has 22 heavy (non-hydrogen) atoms. The fourth-order valence-electron chi connectivity index (χ4n) is 2.51. The highest BCUT2D eigenvalue weighted by Crippen LogP contribution is 2.38. The van der Waals surface area contributed by atoms with Gasteiger partial charge in [-0.1, -0.05) is 25.1 Å². The van der Waals surface area contributed by atoms with E-state index in [1.54, 1.807) is 11.1 Å². The van der Waals surface area contributed by atoms with Crippen molar-refractivity contribution in [3.8, 4) is 0 Å². The summed E-state index contributed by atoms with van der Waals surface area (Å²) in [5.41, 5.74) is 0.879. The molecule has 0 radical (unpaired) electrons. The number of hydrogen-bond donors (Lipinski definition) is 1. The third-order valence-electron chi connectivity index (χ3n) is 3.89. The molecule has 1 aromatic heterocycles. The van der Waals surface area contributed by atoms with E-state index in [0.717, 1.165) is 36.4 Å². The first-order valence-electron chi connectivity index (χ1n) is 7.91. The van der Waals surface area contributed by atoms with Crippen LogP contribution in [0, 0.1) is 0 Å². The van der Waals surface area contributed by atoms with Crippen LogP contribution in [0.25, 0.3) is 0 Å². The molecule has 1 saturated carbocycles. The monoisotopic (exact) mass is 319 g/mol. The number of pyridine rings is 1. The maximum Gasteiger partial charge on any atom is 0.241 e. The lowest BCUT2D eigenvalue weighted by molar-refractivity contribution is -0.125. The van der Waals surface area contributed by atoms with Gasteiger partial charge in [-0.15, -0.1) is 0 Å². The molecule has 0 saturated heterocycles. The van der Waals surface area contributed by atoms with Crippen molar-refractivity contribution in [3.05, 3.63) is 18.3 Å². The lowest BCUT2D eigenvalue weighted by atomic mass is 10.2. The van der Waals surface area contributed by atoms with Gasteiger partial charge in [0.2, 0.25) is 11.8 Å². The number of anilines is 1. The van der Waals surface area contributed by atoms with Crippen LogP contribution in [-0.2, 0) is 9.59 Å². The van der Waals surface area contributed by atoms with Crippen molar-refractivity contribution in [2.75, 3.05) is 11.4 Å². The third kappa shape index (κ3) is 3.43. The van der Waals surface area contributed by atoms with Gasteiger partial charge in [0.05, 0.1) is 10.9 Å². The molecule has 2 aliphatic rings. The number of nitrogens with one attached hydrogen (secondary N) is 1. The molecule has 6 heteroatoms. The van der Waals surface area contributed by atoms with Gasteiger partial charge in [-0.05, 0) is 31.4 Å². The topological polar surface area (TPSA) is 62.3 Å². The van der Waals surface area contributed by atoms with Crippen LogP contribution in [0.15, 0.2) is 23.4 Å². The number of aromatic nitrogens is 1. The van der Waals surface area contributed by atoms with E-state index >= 15 is 0 Å². The Morgan fingerprint density at radius 3 is 3.05 bits per heavy atom. The fourth-order valence-corrected chi connectivity index (χ4v) is 3.67. The summed E-state index contributed by atoms with van der Waals surface area (Å²) in [5.74, 6) is 0.00747. The Hall–Kier alpha value is -1.56. The van der Waals surface area contributed by atoms with Gasteiger partial charge in [0, 0.05) is 25.2 Å². The summed E-state index contributed by atoms with van der Waals surface area (Å²) in [6, 6.07) is 4.12. The summed E-state index contributed by atoms with van der Waals surface area (Å²) in [6.07, 6.45) is 6.07. The quantitative estimate of drug-likeness (QED) is 0.874. The third-order valence-corrected chi connectivity index (χ3v) is 5.08. The minimum absolute atomic E-state index is 0.0248. The Kier molecular flexibility index (Phi) is 4.66. The first-order chi connectivity index (χ1) is 10.7. The molecule has 1 aliphatic carbocycles. The van der Waals surface area contributed by atoms with Crippen LogP contribution in [0.2, 0.25) is 0 Å². The number of carbonyl (C=O) groups excluding carboxylic acids is 2. The maximum atomic E-state index is 12.7. The van der Waals surface area contributed by atoms with Gasteiger partial charge < -0.3 is 10.2 Å². The second kappa shape index (κ2) is 6.69. The van der Waals surface area contributed by atoms with E-state index in [1.807, 2.05) is 12.1 Å². The molecule has 1 atom stereocenters. The van der Waals surface area contributed by atoms with Crippen LogP contribution >= 0.6 is 11.8 Å². The van der Waals surface area contributed by atoms with Gasteiger partial charge in [0.25, 0.3) is 0 Å². The number of carbonyl (C=O) groups is 2. The van der Waals surface area contributed by atoms with Crippen LogP contribution in [0.4, 0.5) is 5.69 Å². The van der Waals surface area contributed by atoms with Gasteiger partial charge in [-0.25, -0.2) is 4.98 Å². The van der Waals surface area contributed by atoms with Crippen molar-refractivity contribution in [2.24, 2.45) is 0 Å². The molecule has 5 nitrogen and oxygen atoms in total. The summed E-state index contributed by atoms with van der Waals surface area (Å²) in [6.45, 7) is 2.79. The molecule has 3 rings (SSSR count). The Bertz CT molecular complexity index is 574. The van der Waals surface area contributed by atoms with Gasteiger partial charge in [0.1, 0.15) is 5.03 Å². The molecule has 1 aromatic rings. The largest absolute Gasteiger partial charge is 0.353 e. The van der Waals surface area contributed by atoms with E-state index in [0.29, 0.717) is 12.6 Å². The van der Waals surface area contributed by atoms with E-state index in [-0.39, 0.29) is 23.5 Å². The first kappa shape index (κ1) is 15.3. The van der Waals surface area contributed by atoms with Gasteiger partial charge >= 0.3 is 0 Å². The van der Waals surface area contributed by atoms with E-state index in [9.17, 15) is 9.59 Å². The van der Waals surface area contributed by atoms with Crippen molar-refractivity contribution in [1.82, 2.24) is 10.3 Å². The first-order valence-corrected chi connectivity index (χ1v) is 8.79. The van der Waals surface area contributed by atoms with Crippen molar-refractivity contribution in [3.63, 3.8) is 0 Å². The van der Waals surface area contributed by atoms with Crippen LogP contribution in [0.1, 0.15) is 39.0 Å². The highest BCUT2D eigenvalue weighted by atomic mass is 32.2. The van der Waals surface area contributed by atoms with Crippen LogP contribution in [0.5, 0.6) is 0 Å². The molecular formula is C16H21N3O2S. The average Bonchev–Trinajstić information content (AvgIpc) is 3.31. The van der Waals surface area contributed by atoms with Crippen molar-refractivity contribution in [2.45, 2.75) is 55.3 Å². The lowest BCUT2D eigenvalue weighted by Crippen LogP contribution is -2.44. The zero-order chi connectivity index (χ0) is 15.5. The predicted octanol–water partition coefficient (Wildman–Crippen LogP) is 2.36. The Balaban J connectivity index is 1.74. The number of nitrogens with zero attached hydrogens (tertiary/aromatic N) is 2. The molecule has 0 aromatic carbocycles. The number of fused-ring (bicyclic) bond motifs is 1. The SMILES string of the molecule is CCCCN1C(=O)C(CC(=O)NC2CC2)Sc2ncccc21. The zero-order valence-electron chi connectivity index (χ0n) is 12.7. The highest BCUT2D eigenvalue weighted by Gasteiger charge is 2.36. The number of rotatable bonds is 6. The van der Waals surface area contributed by atoms with E-state index < -0.39 is 0 Å². The molecule has 2 heterocycles. The molecule has 118 valence electrons. The minimum Gasteiger partial charge on any atom is -0.353 e. The summed E-state index contributed by atoms with van der Waals surface area (Å²) in [4.78, 5) is 30.9. The van der Waals surface area contributed by atoms with Gasteiger partial charge in [0.15, 0.2) is 0 Å². The average molecular weight is 319 g/mol. The number of amides is 2. The molecular weight excluding hydrogens is 298 g/mol.